The molecule has 1 aromatic rings. The van der Waals surface area contributed by atoms with E-state index in [4.69, 9.17) is 16.3 Å². The molecule has 0 saturated carbocycles. The molecule has 18 heavy (non-hydrogen) atoms. The van der Waals surface area contributed by atoms with E-state index in [1.807, 2.05) is 19.1 Å². The van der Waals surface area contributed by atoms with Crippen molar-refractivity contribution < 1.29 is 14.9 Å². The second kappa shape index (κ2) is 6.98. The first-order valence-corrected chi connectivity index (χ1v) is 6.52. The van der Waals surface area contributed by atoms with Crippen LogP contribution in [0.15, 0.2) is 18.2 Å². The summed E-state index contributed by atoms with van der Waals surface area (Å²) in [6.07, 6.45) is 2.22. The van der Waals surface area contributed by atoms with Crippen LogP contribution in [0.1, 0.15) is 25.3 Å². The van der Waals surface area contributed by atoms with Crippen molar-refractivity contribution in [1.82, 2.24) is 0 Å². The Bertz CT molecular complexity index is 375. The fraction of sp³-hybridized carbons (Fsp3) is 0.571. The zero-order valence-electron chi connectivity index (χ0n) is 10.9. The standard InChI is InChI=1S/C14H21ClO3/c1-3-6-14(9-16,10-17)8-11-7-12(15)4-5-13(11)18-2/h4-5,7,16-17H,3,6,8-10H2,1-2H3. The third-order valence-electron chi connectivity index (χ3n) is 3.26. The smallest absolute Gasteiger partial charge is 0.122 e. The van der Waals surface area contributed by atoms with Gasteiger partial charge in [-0.1, -0.05) is 24.9 Å². The summed E-state index contributed by atoms with van der Waals surface area (Å²) in [5, 5.41) is 19.8. The van der Waals surface area contributed by atoms with Gasteiger partial charge in [0.2, 0.25) is 0 Å². The Morgan fingerprint density at radius 3 is 2.44 bits per heavy atom. The molecule has 0 atom stereocenters. The number of aliphatic hydroxyl groups is 2. The molecule has 0 amide bonds. The molecular weight excluding hydrogens is 252 g/mol. The van der Waals surface area contributed by atoms with Crippen molar-refractivity contribution in [3.8, 4) is 5.75 Å². The molecule has 0 aromatic heterocycles. The van der Waals surface area contributed by atoms with Gasteiger partial charge in [0, 0.05) is 10.4 Å². The number of halogens is 1. The highest BCUT2D eigenvalue weighted by Crippen LogP contribution is 2.33. The zero-order chi connectivity index (χ0) is 13.6. The zero-order valence-corrected chi connectivity index (χ0v) is 11.7. The van der Waals surface area contributed by atoms with Gasteiger partial charge in [-0.05, 0) is 36.6 Å². The minimum absolute atomic E-state index is 0.0486. The van der Waals surface area contributed by atoms with Gasteiger partial charge < -0.3 is 14.9 Å². The summed E-state index contributed by atoms with van der Waals surface area (Å²) in [6, 6.07) is 5.41. The number of ether oxygens (including phenoxy) is 1. The van der Waals surface area contributed by atoms with Gasteiger partial charge in [-0.25, -0.2) is 0 Å². The molecule has 0 bridgehead atoms. The van der Waals surface area contributed by atoms with Crippen molar-refractivity contribution in [2.75, 3.05) is 20.3 Å². The van der Waals surface area contributed by atoms with E-state index in [-0.39, 0.29) is 13.2 Å². The van der Waals surface area contributed by atoms with E-state index in [9.17, 15) is 10.2 Å². The average molecular weight is 273 g/mol. The Morgan fingerprint density at radius 2 is 1.94 bits per heavy atom. The summed E-state index contributed by atoms with van der Waals surface area (Å²) in [4.78, 5) is 0. The molecule has 1 aromatic carbocycles. The molecule has 0 spiro atoms. The van der Waals surface area contributed by atoms with E-state index in [0.717, 1.165) is 24.2 Å². The summed E-state index contributed by atoms with van der Waals surface area (Å²) >= 11 is 5.99. The van der Waals surface area contributed by atoms with Crippen LogP contribution in [0, 0.1) is 5.41 Å². The fourth-order valence-corrected chi connectivity index (χ4v) is 2.42. The molecule has 1 rings (SSSR count). The highest BCUT2D eigenvalue weighted by atomic mass is 35.5. The lowest BCUT2D eigenvalue weighted by Crippen LogP contribution is -2.32. The minimum Gasteiger partial charge on any atom is -0.496 e. The normalized spacial score (nSPS) is 11.6. The molecule has 0 unspecified atom stereocenters. The molecule has 102 valence electrons. The van der Waals surface area contributed by atoms with E-state index in [1.165, 1.54) is 0 Å². The summed E-state index contributed by atoms with van der Waals surface area (Å²) < 4.78 is 5.29. The van der Waals surface area contributed by atoms with Gasteiger partial charge in [-0.3, -0.25) is 0 Å². The molecule has 0 aliphatic rings. The van der Waals surface area contributed by atoms with E-state index in [0.29, 0.717) is 11.4 Å². The molecule has 0 heterocycles. The Kier molecular flexibility index (Phi) is 5.93. The summed E-state index contributed by atoms with van der Waals surface area (Å²) in [5.41, 5.74) is 0.411. The molecule has 0 radical (unpaired) electrons. The molecule has 2 N–H and O–H groups in total. The fourth-order valence-electron chi connectivity index (χ4n) is 2.23. The maximum absolute atomic E-state index is 9.57. The van der Waals surface area contributed by atoms with Gasteiger partial charge in [0.25, 0.3) is 0 Å². The average Bonchev–Trinajstić information content (AvgIpc) is 2.38. The van der Waals surface area contributed by atoms with Gasteiger partial charge in [-0.2, -0.15) is 0 Å². The van der Waals surface area contributed by atoms with Crippen molar-refractivity contribution in [2.24, 2.45) is 5.41 Å². The highest BCUT2D eigenvalue weighted by molar-refractivity contribution is 6.30. The molecule has 3 nitrogen and oxygen atoms in total. The number of rotatable bonds is 7. The van der Waals surface area contributed by atoms with Crippen LogP contribution < -0.4 is 4.74 Å². The maximum Gasteiger partial charge on any atom is 0.122 e. The molecule has 0 aliphatic carbocycles. The van der Waals surface area contributed by atoms with Crippen LogP contribution in [0.25, 0.3) is 0 Å². The lowest BCUT2D eigenvalue weighted by atomic mass is 9.79. The van der Waals surface area contributed by atoms with Crippen molar-refractivity contribution in [3.05, 3.63) is 28.8 Å². The number of hydrogen-bond donors (Lipinski definition) is 2. The Hall–Kier alpha value is -0.770. The number of methoxy groups -OCH3 is 1. The first-order valence-electron chi connectivity index (χ1n) is 6.15. The van der Waals surface area contributed by atoms with Crippen LogP contribution in [0.4, 0.5) is 0 Å². The van der Waals surface area contributed by atoms with Crippen LogP contribution in [-0.2, 0) is 6.42 Å². The van der Waals surface area contributed by atoms with Gasteiger partial charge >= 0.3 is 0 Å². The van der Waals surface area contributed by atoms with Gasteiger partial charge in [0.15, 0.2) is 0 Å². The second-order valence-corrected chi connectivity index (χ2v) is 5.14. The molecule has 0 aliphatic heterocycles. The molecule has 0 fully saturated rings. The first-order chi connectivity index (χ1) is 8.60. The number of benzene rings is 1. The summed E-state index contributed by atoms with van der Waals surface area (Å²) in [7, 11) is 1.60. The van der Waals surface area contributed by atoms with Gasteiger partial charge in [0.05, 0.1) is 20.3 Å². The number of hydrogen-bond acceptors (Lipinski definition) is 3. The Labute approximate surface area is 113 Å². The lowest BCUT2D eigenvalue weighted by molar-refractivity contribution is 0.0462. The van der Waals surface area contributed by atoms with E-state index >= 15 is 0 Å². The number of aliphatic hydroxyl groups excluding tert-OH is 2. The highest BCUT2D eigenvalue weighted by Gasteiger charge is 2.29. The Balaban J connectivity index is 3.02. The topological polar surface area (TPSA) is 49.7 Å². The monoisotopic (exact) mass is 272 g/mol. The summed E-state index contributed by atoms with van der Waals surface area (Å²) in [5.74, 6) is 0.738. The Morgan fingerprint density at radius 1 is 1.28 bits per heavy atom. The second-order valence-electron chi connectivity index (χ2n) is 4.70. The first kappa shape index (κ1) is 15.3. The van der Waals surface area contributed by atoms with Crippen molar-refractivity contribution in [1.29, 1.82) is 0 Å². The van der Waals surface area contributed by atoms with E-state index in [1.54, 1.807) is 13.2 Å². The van der Waals surface area contributed by atoms with E-state index < -0.39 is 5.41 Å². The minimum atomic E-state index is -0.507. The predicted molar refractivity (Wildman–Crippen MR) is 73.2 cm³/mol. The molecular formula is C14H21ClO3. The van der Waals surface area contributed by atoms with Crippen LogP contribution in [0.3, 0.4) is 0 Å². The van der Waals surface area contributed by atoms with Crippen LogP contribution in [0.2, 0.25) is 5.02 Å². The van der Waals surface area contributed by atoms with Crippen molar-refractivity contribution >= 4 is 11.6 Å². The van der Waals surface area contributed by atoms with Crippen molar-refractivity contribution in [3.63, 3.8) is 0 Å². The van der Waals surface area contributed by atoms with Crippen LogP contribution in [-0.4, -0.2) is 30.5 Å². The summed E-state index contributed by atoms with van der Waals surface area (Å²) in [6.45, 7) is 1.94. The molecule has 4 heteroatoms. The SMILES string of the molecule is CCCC(CO)(CO)Cc1cc(Cl)ccc1OC. The molecule has 0 saturated heterocycles. The van der Waals surface area contributed by atoms with Gasteiger partial charge in [-0.15, -0.1) is 0 Å². The predicted octanol–water partition coefficient (Wildman–Crippen LogP) is 2.66. The van der Waals surface area contributed by atoms with Crippen LogP contribution in [0.5, 0.6) is 5.75 Å². The lowest BCUT2D eigenvalue weighted by Gasteiger charge is -2.30. The third-order valence-corrected chi connectivity index (χ3v) is 3.49. The van der Waals surface area contributed by atoms with E-state index in [2.05, 4.69) is 0 Å². The van der Waals surface area contributed by atoms with Crippen LogP contribution >= 0.6 is 11.6 Å². The maximum atomic E-state index is 9.57. The largest absolute Gasteiger partial charge is 0.496 e. The van der Waals surface area contributed by atoms with Crippen molar-refractivity contribution in [2.45, 2.75) is 26.2 Å². The third kappa shape index (κ3) is 3.61. The quantitative estimate of drug-likeness (QED) is 0.802. The van der Waals surface area contributed by atoms with Gasteiger partial charge in [0.1, 0.15) is 5.75 Å².